The van der Waals surface area contributed by atoms with Crippen molar-refractivity contribution in [1.29, 1.82) is 0 Å². The van der Waals surface area contributed by atoms with Crippen LogP contribution in [0.5, 0.6) is 11.5 Å². The van der Waals surface area contributed by atoms with Gasteiger partial charge in [0.15, 0.2) is 0 Å². The summed E-state index contributed by atoms with van der Waals surface area (Å²) in [5, 5.41) is 3.44. The fraction of sp³-hybridized carbons (Fsp3) is 0.613. The van der Waals surface area contributed by atoms with Crippen molar-refractivity contribution in [3.05, 3.63) is 47.2 Å². The van der Waals surface area contributed by atoms with Crippen LogP contribution in [0.15, 0.2) is 30.3 Å². The van der Waals surface area contributed by atoms with Gasteiger partial charge in [-0.05, 0) is 73.9 Å². The Morgan fingerprint density at radius 1 is 1.05 bits per heavy atom. The van der Waals surface area contributed by atoms with Crippen molar-refractivity contribution in [2.45, 2.75) is 44.4 Å². The second kappa shape index (κ2) is 15.8. The molecule has 4 rings (SSSR count). The number of methoxy groups -OCH3 is 3. The highest BCUT2D eigenvalue weighted by Crippen LogP contribution is 2.32. The second-order valence-electron chi connectivity index (χ2n) is 10.7. The topological polar surface area (TPSA) is 91.4 Å². The Kier molecular flexibility index (Phi) is 11.9. The summed E-state index contributed by atoms with van der Waals surface area (Å²) in [6, 6.07) is 10.3. The number of aryl methyl sites for hydroxylation is 2. The molecule has 1 N–H and O–H groups in total. The van der Waals surface area contributed by atoms with Crippen molar-refractivity contribution in [2.24, 2.45) is 5.92 Å². The molecule has 3 heterocycles. The summed E-state index contributed by atoms with van der Waals surface area (Å²) < 4.78 is 27.2. The van der Waals surface area contributed by atoms with Gasteiger partial charge in [0.05, 0.1) is 26.7 Å². The number of nitrogens with one attached hydrogen (secondary N) is 1. The number of nitrogens with zero attached hydrogens (tertiary/aromatic N) is 2. The quantitative estimate of drug-likeness (QED) is 0.243. The summed E-state index contributed by atoms with van der Waals surface area (Å²) in [5.74, 6) is 2.81. The molecule has 9 nitrogen and oxygen atoms in total. The van der Waals surface area contributed by atoms with E-state index >= 15 is 0 Å². The molecule has 220 valence electrons. The third-order valence-electron chi connectivity index (χ3n) is 7.74. The van der Waals surface area contributed by atoms with E-state index in [-0.39, 0.29) is 11.9 Å². The minimum atomic E-state index is -0.222. The first kappa shape index (κ1) is 30.1. The minimum absolute atomic E-state index is 0.0460. The zero-order valence-corrected chi connectivity index (χ0v) is 24.3. The van der Waals surface area contributed by atoms with E-state index in [1.165, 1.54) is 24.8 Å². The molecule has 40 heavy (non-hydrogen) atoms. The summed E-state index contributed by atoms with van der Waals surface area (Å²) in [6.45, 7) is 5.65. The number of ether oxygens (including phenoxy) is 5. The number of aromatic nitrogens is 1. The van der Waals surface area contributed by atoms with Crippen LogP contribution >= 0.6 is 0 Å². The first-order valence-electron chi connectivity index (χ1n) is 14.5. The fourth-order valence-electron chi connectivity index (χ4n) is 5.54. The first-order valence-corrected chi connectivity index (χ1v) is 14.5. The average molecular weight is 556 g/mol. The third-order valence-corrected chi connectivity index (χ3v) is 7.74. The standard InChI is InChI=1S/C31H45N3O6/c1-36-13-15-39-28-17-25(18-29(20-28)40-16-14-37-2)26(19-30(35)38-3)22-34-12-10-23(21-34)6-8-27-9-7-24-5-4-11-32-31(24)33-27/h7,9,17-18,20,23,26H,4-6,8,10-16,19,21-22H2,1-3H3,(H,32,33). The molecule has 9 heteroatoms. The van der Waals surface area contributed by atoms with Gasteiger partial charge in [-0.3, -0.25) is 4.79 Å². The molecule has 0 aliphatic carbocycles. The van der Waals surface area contributed by atoms with E-state index in [9.17, 15) is 4.79 Å². The number of likely N-dealkylation sites (tertiary alicyclic amines) is 1. The van der Waals surface area contributed by atoms with Crippen LogP contribution in [-0.4, -0.2) is 89.8 Å². The van der Waals surface area contributed by atoms with E-state index in [4.69, 9.17) is 28.7 Å². The number of benzene rings is 1. The van der Waals surface area contributed by atoms with Crippen molar-refractivity contribution >= 4 is 11.8 Å². The number of pyridine rings is 1. The molecular formula is C31H45N3O6. The largest absolute Gasteiger partial charge is 0.491 e. The molecule has 0 saturated carbocycles. The van der Waals surface area contributed by atoms with Gasteiger partial charge >= 0.3 is 5.97 Å². The van der Waals surface area contributed by atoms with Gasteiger partial charge in [-0.15, -0.1) is 0 Å². The van der Waals surface area contributed by atoms with Crippen molar-refractivity contribution in [3.8, 4) is 11.5 Å². The Bertz CT molecular complexity index is 1050. The monoisotopic (exact) mass is 555 g/mol. The molecule has 1 saturated heterocycles. The Morgan fingerprint density at radius 2 is 1.80 bits per heavy atom. The van der Waals surface area contributed by atoms with Gasteiger partial charge in [0.1, 0.15) is 30.5 Å². The van der Waals surface area contributed by atoms with Crippen molar-refractivity contribution < 1.29 is 28.5 Å². The van der Waals surface area contributed by atoms with Crippen molar-refractivity contribution in [3.63, 3.8) is 0 Å². The SMILES string of the molecule is COCCOc1cc(OCCOC)cc(C(CC(=O)OC)CN2CCC(CCc3ccc4c(n3)NCCC4)C2)c1. The van der Waals surface area contributed by atoms with Crippen LogP contribution in [-0.2, 0) is 31.8 Å². The lowest BCUT2D eigenvalue weighted by Crippen LogP contribution is -2.28. The summed E-state index contributed by atoms with van der Waals surface area (Å²) in [6.07, 6.45) is 5.84. The van der Waals surface area contributed by atoms with E-state index < -0.39 is 0 Å². The van der Waals surface area contributed by atoms with E-state index in [1.54, 1.807) is 14.2 Å². The van der Waals surface area contributed by atoms with Gasteiger partial charge in [-0.25, -0.2) is 4.98 Å². The maximum absolute atomic E-state index is 12.4. The van der Waals surface area contributed by atoms with E-state index in [2.05, 4.69) is 22.3 Å². The lowest BCUT2D eigenvalue weighted by Gasteiger charge is -2.25. The molecule has 1 fully saturated rings. The van der Waals surface area contributed by atoms with Gasteiger partial charge in [0, 0.05) is 51.5 Å². The lowest BCUT2D eigenvalue weighted by molar-refractivity contribution is -0.141. The zero-order chi connectivity index (χ0) is 28.2. The van der Waals surface area contributed by atoms with Crippen LogP contribution in [0.4, 0.5) is 5.82 Å². The normalized spacial score (nSPS) is 17.6. The maximum Gasteiger partial charge on any atom is 0.306 e. The van der Waals surface area contributed by atoms with Gasteiger partial charge < -0.3 is 33.9 Å². The van der Waals surface area contributed by atoms with Crippen LogP contribution in [0, 0.1) is 5.92 Å². The molecule has 2 aromatic rings. The number of anilines is 1. The predicted octanol–water partition coefficient (Wildman–Crippen LogP) is 4.09. The van der Waals surface area contributed by atoms with Crippen molar-refractivity contribution in [1.82, 2.24) is 9.88 Å². The number of fused-ring (bicyclic) bond motifs is 1. The number of esters is 1. The van der Waals surface area contributed by atoms with Crippen LogP contribution in [0.25, 0.3) is 0 Å². The summed E-state index contributed by atoms with van der Waals surface area (Å²) in [7, 11) is 4.74. The Hall–Kier alpha value is -2.88. The molecule has 1 aromatic heterocycles. The maximum atomic E-state index is 12.4. The first-order chi connectivity index (χ1) is 19.6. The summed E-state index contributed by atoms with van der Waals surface area (Å²) in [4.78, 5) is 19.8. The van der Waals surface area contributed by atoms with Crippen LogP contribution in [0.1, 0.15) is 48.4 Å². The zero-order valence-electron chi connectivity index (χ0n) is 24.3. The number of rotatable bonds is 16. The molecule has 0 amide bonds. The summed E-state index contributed by atoms with van der Waals surface area (Å²) >= 11 is 0. The van der Waals surface area contributed by atoms with Crippen molar-refractivity contribution in [2.75, 3.05) is 79.3 Å². The molecule has 0 radical (unpaired) electrons. The number of hydrogen-bond donors (Lipinski definition) is 1. The van der Waals surface area contributed by atoms with E-state index in [0.29, 0.717) is 50.3 Å². The van der Waals surface area contributed by atoms with Gasteiger partial charge in [-0.1, -0.05) is 6.07 Å². The Balaban J connectivity index is 1.40. The third kappa shape index (κ3) is 9.08. The molecule has 2 aliphatic heterocycles. The molecule has 1 aromatic carbocycles. The Labute approximate surface area is 238 Å². The highest BCUT2D eigenvalue weighted by atomic mass is 16.5. The smallest absolute Gasteiger partial charge is 0.306 e. The molecule has 2 aliphatic rings. The predicted molar refractivity (Wildman–Crippen MR) is 154 cm³/mol. The molecule has 0 spiro atoms. The van der Waals surface area contributed by atoms with E-state index in [1.807, 2.05) is 18.2 Å². The number of carbonyl (C=O) groups is 1. The highest BCUT2D eigenvalue weighted by Gasteiger charge is 2.27. The summed E-state index contributed by atoms with van der Waals surface area (Å²) in [5.41, 5.74) is 3.50. The second-order valence-corrected chi connectivity index (χ2v) is 10.7. The highest BCUT2D eigenvalue weighted by molar-refractivity contribution is 5.70. The molecule has 0 bridgehead atoms. The minimum Gasteiger partial charge on any atom is -0.491 e. The number of carbonyl (C=O) groups excluding carboxylic acids is 1. The van der Waals surface area contributed by atoms with Crippen LogP contribution in [0.2, 0.25) is 0 Å². The van der Waals surface area contributed by atoms with Crippen LogP contribution in [0.3, 0.4) is 0 Å². The van der Waals surface area contributed by atoms with Gasteiger partial charge in [0.25, 0.3) is 0 Å². The fourth-order valence-corrected chi connectivity index (χ4v) is 5.54. The van der Waals surface area contributed by atoms with Gasteiger partial charge in [-0.2, -0.15) is 0 Å². The number of hydrogen-bond acceptors (Lipinski definition) is 9. The molecule has 2 atom stereocenters. The Morgan fingerprint density at radius 3 is 2.50 bits per heavy atom. The van der Waals surface area contributed by atoms with E-state index in [0.717, 1.165) is 63.2 Å². The average Bonchev–Trinajstić information content (AvgIpc) is 3.43. The lowest BCUT2D eigenvalue weighted by atomic mass is 9.94. The molecule has 2 unspecified atom stereocenters. The van der Waals surface area contributed by atoms with Crippen LogP contribution < -0.4 is 14.8 Å². The molecular weight excluding hydrogens is 510 g/mol. The van der Waals surface area contributed by atoms with Gasteiger partial charge in [0.2, 0.25) is 0 Å².